The Labute approximate surface area is 139 Å². The number of benzene rings is 1. The number of nitrogens with one attached hydrogen (secondary N) is 1. The second kappa shape index (κ2) is 8.34. The standard InChI is InChI=1S/C19H29NO3/c1-4-13-23-19(11-5-6-12-19)18(21)20-16-7-9-17(10-8-16)22-14-15(2)3/h7-10,15H,4-6,11-14H2,1-3H3,(H,20,21). The molecule has 0 aliphatic heterocycles. The van der Waals surface area contributed by atoms with Crippen molar-refractivity contribution in [3.05, 3.63) is 24.3 Å². The molecule has 4 nitrogen and oxygen atoms in total. The maximum Gasteiger partial charge on any atom is 0.256 e. The zero-order chi connectivity index (χ0) is 16.7. The highest BCUT2D eigenvalue weighted by Gasteiger charge is 2.42. The first-order chi connectivity index (χ1) is 11.1. The molecule has 0 radical (unpaired) electrons. The summed E-state index contributed by atoms with van der Waals surface area (Å²) in [6.45, 7) is 7.63. The number of anilines is 1. The summed E-state index contributed by atoms with van der Waals surface area (Å²) in [5.41, 5.74) is 0.154. The minimum Gasteiger partial charge on any atom is -0.493 e. The van der Waals surface area contributed by atoms with Crippen molar-refractivity contribution in [2.24, 2.45) is 5.92 Å². The molecule has 23 heavy (non-hydrogen) atoms. The van der Waals surface area contributed by atoms with Crippen LogP contribution in [0.1, 0.15) is 52.9 Å². The van der Waals surface area contributed by atoms with Crippen LogP contribution in [-0.4, -0.2) is 24.7 Å². The second-order valence-electron chi connectivity index (χ2n) is 6.73. The number of hydrogen-bond donors (Lipinski definition) is 1. The van der Waals surface area contributed by atoms with E-state index < -0.39 is 5.60 Å². The van der Waals surface area contributed by atoms with Crippen LogP contribution in [0.25, 0.3) is 0 Å². The summed E-state index contributed by atoms with van der Waals surface area (Å²) in [4.78, 5) is 12.7. The highest BCUT2D eigenvalue weighted by Crippen LogP contribution is 2.34. The molecule has 1 fully saturated rings. The van der Waals surface area contributed by atoms with Crippen LogP contribution in [-0.2, 0) is 9.53 Å². The zero-order valence-electron chi connectivity index (χ0n) is 14.6. The van der Waals surface area contributed by atoms with Crippen LogP contribution >= 0.6 is 0 Å². The summed E-state index contributed by atoms with van der Waals surface area (Å²) in [5.74, 6) is 1.31. The van der Waals surface area contributed by atoms with Crippen molar-refractivity contribution >= 4 is 11.6 Å². The van der Waals surface area contributed by atoms with E-state index in [1.54, 1.807) is 0 Å². The van der Waals surface area contributed by atoms with E-state index in [4.69, 9.17) is 9.47 Å². The predicted octanol–water partition coefficient (Wildman–Crippen LogP) is 4.40. The van der Waals surface area contributed by atoms with Crippen LogP contribution < -0.4 is 10.1 Å². The van der Waals surface area contributed by atoms with E-state index in [1.807, 2.05) is 24.3 Å². The Morgan fingerprint density at radius 2 is 1.87 bits per heavy atom. The number of rotatable bonds is 8. The molecule has 1 aliphatic rings. The van der Waals surface area contributed by atoms with E-state index in [9.17, 15) is 4.79 Å². The molecule has 0 bridgehead atoms. The summed E-state index contributed by atoms with van der Waals surface area (Å²) >= 11 is 0. The number of carbonyl (C=O) groups is 1. The molecule has 1 aromatic rings. The first-order valence-electron chi connectivity index (χ1n) is 8.74. The Balaban J connectivity index is 1.95. The molecule has 128 valence electrons. The lowest BCUT2D eigenvalue weighted by atomic mass is 10.0. The third kappa shape index (κ3) is 4.96. The fourth-order valence-electron chi connectivity index (χ4n) is 2.82. The number of ether oxygens (including phenoxy) is 2. The Hall–Kier alpha value is -1.55. The molecule has 0 heterocycles. The van der Waals surface area contributed by atoms with Gasteiger partial charge in [-0.05, 0) is 62.3 Å². The number of amides is 1. The van der Waals surface area contributed by atoms with Crippen molar-refractivity contribution in [1.29, 1.82) is 0 Å². The monoisotopic (exact) mass is 319 g/mol. The Kier molecular flexibility index (Phi) is 6.46. The smallest absolute Gasteiger partial charge is 0.256 e. The van der Waals surface area contributed by atoms with E-state index in [0.29, 0.717) is 19.1 Å². The molecule has 0 aromatic heterocycles. The van der Waals surface area contributed by atoms with Gasteiger partial charge in [0.1, 0.15) is 11.4 Å². The third-order valence-electron chi connectivity index (χ3n) is 4.10. The SMILES string of the molecule is CCCOC1(C(=O)Nc2ccc(OCC(C)C)cc2)CCCC1. The van der Waals surface area contributed by atoms with Gasteiger partial charge in [-0.25, -0.2) is 0 Å². The van der Waals surface area contributed by atoms with Crippen LogP contribution in [0.15, 0.2) is 24.3 Å². The molecule has 0 atom stereocenters. The van der Waals surface area contributed by atoms with Gasteiger partial charge in [-0.1, -0.05) is 20.8 Å². The van der Waals surface area contributed by atoms with Gasteiger partial charge in [0.15, 0.2) is 0 Å². The summed E-state index contributed by atoms with van der Waals surface area (Å²) in [7, 11) is 0. The fraction of sp³-hybridized carbons (Fsp3) is 0.632. The van der Waals surface area contributed by atoms with Gasteiger partial charge in [-0.15, -0.1) is 0 Å². The van der Waals surface area contributed by atoms with Gasteiger partial charge < -0.3 is 14.8 Å². The molecule has 0 unspecified atom stereocenters. The van der Waals surface area contributed by atoms with Crippen molar-refractivity contribution in [3.63, 3.8) is 0 Å². The normalized spacial score (nSPS) is 16.5. The van der Waals surface area contributed by atoms with Gasteiger partial charge >= 0.3 is 0 Å². The maximum absolute atomic E-state index is 12.7. The average Bonchev–Trinajstić information content (AvgIpc) is 3.02. The molecular weight excluding hydrogens is 290 g/mol. The molecule has 4 heteroatoms. The van der Waals surface area contributed by atoms with E-state index >= 15 is 0 Å². The summed E-state index contributed by atoms with van der Waals surface area (Å²) in [5, 5.41) is 3.01. The molecule has 1 aliphatic carbocycles. The lowest BCUT2D eigenvalue weighted by molar-refractivity contribution is -0.140. The van der Waals surface area contributed by atoms with E-state index in [-0.39, 0.29) is 5.91 Å². The van der Waals surface area contributed by atoms with Crippen molar-refractivity contribution in [2.45, 2.75) is 58.5 Å². The Morgan fingerprint density at radius 3 is 2.43 bits per heavy atom. The second-order valence-corrected chi connectivity index (χ2v) is 6.73. The van der Waals surface area contributed by atoms with Crippen molar-refractivity contribution in [1.82, 2.24) is 0 Å². The van der Waals surface area contributed by atoms with Crippen LogP contribution in [0, 0.1) is 5.92 Å². The highest BCUT2D eigenvalue weighted by molar-refractivity contribution is 5.97. The maximum atomic E-state index is 12.7. The van der Waals surface area contributed by atoms with E-state index in [1.165, 1.54) is 0 Å². The van der Waals surface area contributed by atoms with Gasteiger partial charge in [-0.2, -0.15) is 0 Å². The first-order valence-corrected chi connectivity index (χ1v) is 8.74. The largest absolute Gasteiger partial charge is 0.493 e. The van der Waals surface area contributed by atoms with Crippen molar-refractivity contribution in [3.8, 4) is 5.75 Å². The lowest BCUT2D eigenvalue weighted by Gasteiger charge is -2.28. The predicted molar refractivity (Wildman–Crippen MR) is 92.8 cm³/mol. The van der Waals surface area contributed by atoms with Gasteiger partial charge in [0.05, 0.1) is 6.61 Å². The Bertz CT molecular complexity index is 490. The molecular formula is C19H29NO3. The topological polar surface area (TPSA) is 47.6 Å². The molecule has 1 aromatic carbocycles. The molecule has 2 rings (SSSR count). The van der Waals surface area contributed by atoms with Gasteiger partial charge in [0.25, 0.3) is 5.91 Å². The van der Waals surface area contributed by atoms with Gasteiger partial charge in [0.2, 0.25) is 0 Å². The quantitative estimate of drug-likeness (QED) is 0.772. The third-order valence-corrected chi connectivity index (χ3v) is 4.10. The van der Waals surface area contributed by atoms with E-state index in [0.717, 1.165) is 43.5 Å². The zero-order valence-corrected chi connectivity index (χ0v) is 14.6. The van der Waals surface area contributed by atoms with Crippen LogP contribution in [0.2, 0.25) is 0 Å². The van der Waals surface area contributed by atoms with E-state index in [2.05, 4.69) is 26.1 Å². The summed E-state index contributed by atoms with van der Waals surface area (Å²) in [6.07, 6.45) is 4.66. The molecule has 0 saturated heterocycles. The molecule has 0 spiro atoms. The highest BCUT2D eigenvalue weighted by atomic mass is 16.5. The fourth-order valence-corrected chi connectivity index (χ4v) is 2.82. The van der Waals surface area contributed by atoms with Crippen molar-refractivity contribution < 1.29 is 14.3 Å². The number of hydrogen-bond acceptors (Lipinski definition) is 3. The molecule has 1 N–H and O–H groups in total. The average molecular weight is 319 g/mol. The first kappa shape index (κ1) is 17.8. The number of carbonyl (C=O) groups excluding carboxylic acids is 1. The van der Waals surface area contributed by atoms with Crippen molar-refractivity contribution in [2.75, 3.05) is 18.5 Å². The molecule has 1 saturated carbocycles. The summed E-state index contributed by atoms with van der Waals surface area (Å²) in [6, 6.07) is 7.56. The van der Waals surface area contributed by atoms with Crippen LogP contribution in [0.5, 0.6) is 5.75 Å². The van der Waals surface area contributed by atoms with Gasteiger partial charge in [0, 0.05) is 12.3 Å². The minimum absolute atomic E-state index is 0.0145. The van der Waals surface area contributed by atoms with Crippen LogP contribution in [0.3, 0.4) is 0 Å². The van der Waals surface area contributed by atoms with Crippen LogP contribution in [0.4, 0.5) is 5.69 Å². The summed E-state index contributed by atoms with van der Waals surface area (Å²) < 4.78 is 11.6. The lowest BCUT2D eigenvalue weighted by Crippen LogP contribution is -2.43. The molecule has 1 amide bonds. The van der Waals surface area contributed by atoms with Gasteiger partial charge in [-0.3, -0.25) is 4.79 Å². The Morgan fingerprint density at radius 1 is 1.22 bits per heavy atom. The minimum atomic E-state index is -0.636.